The van der Waals surface area contributed by atoms with Gasteiger partial charge >= 0.3 is 0 Å². The molecule has 0 radical (unpaired) electrons. The maximum Gasteiger partial charge on any atom is 0.288 e. The molecular weight excluding hydrogens is 300 g/mol. The molecule has 1 N–H and O–H groups in total. The van der Waals surface area contributed by atoms with Gasteiger partial charge in [-0.15, -0.1) is 0 Å². The molecule has 0 atom stereocenters. The van der Waals surface area contributed by atoms with E-state index in [0.29, 0.717) is 28.2 Å². The van der Waals surface area contributed by atoms with Crippen molar-refractivity contribution in [1.29, 1.82) is 0 Å². The zero-order chi connectivity index (χ0) is 14.5. The molecule has 0 fully saturated rings. The van der Waals surface area contributed by atoms with Gasteiger partial charge in [0.25, 0.3) is 5.76 Å². The van der Waals surface area contributed by atoms with Crippen molar-refractivity contribution >= 4 is 23.4 Å². The molecule has 0 heterocycles. The van der Waals surface area contributed by atoms with Gasteiger partial charge in [-0.25, -0.2) is 0 Å². The van der Waals surface area contributed by atoms with Crippen molar-refractivity contribution in [2.45, 2.75) is 17.2 Å². The van der Waals surface area contributed by atoms with E-state index in [4.69, 9.17) is 11.6 Å². The molecule has 0 saturated carbocycles. The Bertz CT molecular complexity index is 573. The van der Waals surface area contributed by atoms with Gasteiger partial charge < -0.3 is 5.32 Å². The van der Waals surface area contributed by atoms with Gasteiger partial charge in [0.15, 0.2) is 0 Å². The van der Waals surface area contributed by atoms with Crippen LogP contribution in [-0.2, 0) is 6.54 Å². The van der Waals surface area contributed by atoms with E-state index in [2.05, 4.69) is 5.32 Å². The highest BCUT2D eigenvalue weighted by atomic mass is 35.5. The maximum absolute atomic E-state index is 12.3. The molecular formula is C15H14ClF2NS. The number of rotatable bonds is 5. The van der Waals surface area contributed by atoms with Gasteiger partial charge in [-0.3, -0.25) is 0 Å². The van der Waals surface area contributed by atoms with Crippen LogP contribution in [0.1, 0.15) is 5.56 Å². The van der Waals surface area contributed by atoms with E-state index in [-0.39, 0.29) is 0 Å². The second-order valence-electron chi connectivity index (χ2n) is 4.23. The Hall–Kier alpha value is -1.10. The predicted octanol–water partition coefficient (Wildman–Crippen LogP) is 5.04. The van der Waals surface area contributed by atoms with E-state index in [9.17, 15) is 8.78 Å². The standard InChI is InChI=1S/C15H14ClF2NS/c1-19-9-11-8-12(16)4-7-14(11)10-2-5-13(6-3-10)20-15(17)18/h2-8,15,19H,9H2,1H3. The van der Waals surface area contributed by atoms with Gasteiger partial charge in [0.1, 0.15) is 0 Å². The Labute approximate surface area is 126 Å². The second kappa shape index (κ2) is 7.07. The molecule has 2 rings (SSSR count). The summed E-state index contributed by atoms with van der Waals surface area (Å²) >= 11 is 6.56. The lowest BCUT2D eigenvalue weighted by Crippen LogP contribution is -2.06. The molecule has 0 aliphatic carbocycles. The largest absolute Gasteiger partial charge is 0.316 e. The fraction of sp³-hybridized carbons (Fsp3) is 0.200. The van der Waals surface area contributed by atoms with Gasteiger partial charge in [0.2, 0.25) is 0 Å². The highest BCUT2D eigenvalue weighted by molar-refractivity contribution is 7.99. The summed E-state index contributed by atoms with van der Waals surface area (Å²) in [7, 11) is 1.87. The Balaban J connectivity index is 2.31. The Morgan fingerprint density at radius 1 is 1.15 bits per heavy atom. The predicted molar refractivity (Wildman–Crippen MR) is 81.5 cm³/mol. The number of nitrogens with one attached hydrogen (secondary N) is 1. The van der Waals surface area contributed by atoms with Crippen LogP contribution in [0.25, 0.3) is 11.1 Å². The molecule has 5 heteroatoms. The third-order valence-electron chi connectivity index (χ3n) is 2.83. The van der Waals surface area contributed by atoms with E-state index in [1.54, 1.807) is 12.1 Å². The monoisotopic (exact) mass is 313 g/mol. The van der Waals surface area contributed by atoms with Crippen LogP contribution in [0.5, 0.6) is 0 Å². The van der Waals surface area contributed by atoms with Crippen molar-refractivity contribution in [3.63, 3.8) is 0 Å². The number of hydrogen-bond acceptors (Lipinski definition) is 2. The lowest BCUT2D eigenvalue weighted by Gasteiger charge is -2.11. The lowest BCUT2D eigenvalue weighted by atomic mass is 10.00. The molecule has 0 amide bonds. The maximum atomic E-state index is 12.3. The molecule has 0 bridgehead atoms. The Morgan fingerprint density at radius 3 is 2.45 bits per heavy atom. The molecule has 2 aromatic rings. The van der Waals surface area contributed by atoms with Crippen LogP contribution < -0.4 is 5.32 Å². The fourth-order valence-electron chi connectivity index (χ4n) is 2.00. The third kappa shape index (κ3) is 3.95. The zero-order valence-corrected chi connectivity index (χ0v) is 12.4. The first-order chi connectivity index (χ1) is 9.60. The topological polar surface area (TPSA) is 12.0 Å². The summed E-state index contributed by atoms with van der Waals surface area (Å²) in [6.45, 7) is 0.698. The van der Waals surface area contributed by atoms with Crippen molar-refractivity contribution in [3.8, 4) is 11.1 Å². The van der Waals surface area contributed by atoms with Crippen LogP contribution in [0.4, 0.5) is 8.78 Å². The van der Waals surface area contributed by atoms with E-state index in [1.807, 2.05) is 37.4 Å². The quantitative estimate of drug-likeness (QED) is 0.776. The van der Waals surface area contributed by atoms with Crippen molar-refractivity contribution in [1.82, 2.24) is 5.32 Å². The third-order valence-corrected chi connectivity index (χ3v) is 3.78. The summed E-state index contributed by atoms with van der Waals surface area (Å²) in [5.41, 5.74) is 3.12. The highest BCUT2D eigenvalue weighted by Crippen LogP contribution is 2.30. The lowest BCUT2D eigenvalue weighted by molar-refractivity contribution is 0.252. The van der Waals surface area contributed by atoms with E-state index in [0.717, 1.165) is 16.7 Å². The van der Waals surface area contributed by atoms with Crippen molar-refractivity contribution < 1.29 is 8.78 Å². The first kappa shape index (κ1) is 15.3. The minimum atomic E-state index is -2.39. The van der Waals surface area contributed by atoms with Crippen LogP contribution in [0.3, 0.4) is 0 Å². The number of benzene rings is 2. The van der Waals surface area contributed by atoms with Gasteiger partial charge in [-0.05, 0) is 48.0 Å². The number of hydrogen-bond donors (Lipinski definition) is 1. The van der Waals surface area contributed by atoms with E-state index >= 15 is 0 Å². The molecule has 0 spiro atoms. The minimum absolute atomic E-state index is 0.552. The van der Waals surface area contributed by atoms with Gasteiger partial charge in [-0.1, -0.05) is 41.6 Å². The van der Waals surface area contributed by atoms with E-state index < -0.39 is 5.76 Å². The van der Waals surface area contributed by atoms with E-state index in [1.165, 1.54) is 0 Å². The average Bonchev–Trinajstić information content (AvgIpc) is 2.40. The molecule has 0 aliphatic heterocycles. The van der Waals surface area contributed by atoms with Crippen LogP contribution in [0.2, 0.25) is 5.02 Å². The van der Waals surface area contributed by atoms with Crippen molar-refractivity contribution in [2.75, 3.05) is 7.05 Å². The van der Waals surface area contributed by atoms with Crippen LogP contribution in [-0.4, -0.2) is 12.8 Å². The summed E-state index contributed by atoms with van der Waals surface area (Å²) < 4.78 is 24.6. The normalized spacial score (nSPS) is 11.1. The first-order valence-electron chi connectivity index (χ1n) is 6.08. The number of thioether (sulfide) groups is 1. The summed E-state index contributed by atoms with van der Waals surface area (Å²) in [6.07, 6.45) is 0. The number of alkyl halides is 2. The van der Waals surface area contributed by atoms with Crippen LogP contribution in [0, 0.1) is 0 Å². The summed E-state index contributed by atoms with van der Waals surface area (Å²) in [5, 5.41) is 3.78. The highest BCUT2D eigenvalue weighted by Gasteiger charge is 2.08. The van der Waals surface area contributed by atoms with Gasteiger partial charge in [0.05, 0.1) is 0 Å². The Morgan fingerprint density at radius 2 is 1.85 bits per heavy atom. The van der Waals surface area contributed by atoms with Crippen molar-refractivity contribution in [2.24, 2.45) is 0 Å². The SMILES string of the molecule is CNCc1cc(Cl)ccc1-c1ccc(SC(F)F)cc1. The molecule has 0 unspecified atom stereocenters. The fourth-order valence-corrected chi connectivity index (χ4v) is 2.69. The summed E-state index contributed by atoms with van der Waals surface area (Å²) in [4.78, 5) is 0.563. The molecule has 106 valence electrons. The molecule has 0 aromatic heterocycles. The zero-order valence-electron chi connectivity index (χ0n) is 10.9. The van der Waals surface area contributed by atoms with Crippen molar-refractivity contribution in [3.05, 3.63) is 53.1 Å². The summed E-state index contributed by atoms with van der Waals surface area (Å²) in [5.74, 6) is -2.39. The van der Waals surface area contributed by atoms with Crippen LogP contribution >= 0.6 is 23.4 Å². The van der Waals surface area contributed by atoms with Gasteiger partial charge in [-0.2, -0.15) is 8.78 Å². The molecule has 1 nitrogen and oxygen atoms in total. The first-order valence-corrected chi connectivity index (χ1v) is 7.34. The summed E-state index contributed by atoms with van der Waals surface area (Å²) in [6, 6.07) is 12.8. The second-order valence-corrected chi connectivity index (χ2v) is 5.73. The molecule has 0 aliphatic rings. The molecule has 20 heavy (non-hydrogen) atoms. The Kier molecular flexibility index (Phi) is 5.40. The minimum Gasteiger partial charge on any atom is -0.316 e. The van der Waals surface area contributed by atoms with Gasteiger partial charge in [0, 0.05) is 16.5 Å². The molecule has 2 aromatic carbocycles. The average molecular weight is 314 g/mol. The van der Waals surface area contributed by atoms with Crippen LogP contribution in [0.15, 0.2) is 47.4 Å². The number of halogens is 3. The molecule has 0 saturated heterocycles. The smallest absolute Gasteiger partial charge is 0.288 e.